The Labute approximate surface area is 120 Å². The van der Waals surface area contributed by atoms with Crippen molar-refractivity contribution >= 4 is 15.9 Å². The Balaban J connectivity index is 2.97. The van der Waals surface area contributed by atoms with E-state index in [4.69, 9.17) is 11.1 Å². The topological polar surface area (TPSA) is 96.0 Å². The normalized spacial score (nSPS) is 12.4. The number of benzene rings is 1. The molecular formula is C12H16F3N3O2S. The Morgan fingerprint density at radius 2 is 2.00 bits per heavy atom. The smallest absolute Gasteiger partial charge is 0.388 e. The molecule has 0 aliphatic heterocycles. The maximum absolute atomic E-state index is 12.8. The molecule has 0 unspecified atom stereocenters. The van der Waals surface area contributed by atoms with Crippen molar-refractivity contribution in [1.29, 1.82) is 5.41 Å². The highest BCUT2D eigenvalue weighted by Crippen LogP contribution is 2.34. The molecule has 0 amide bonds. The van der Waals surface area contributed by atoms with Gasteiger partial charge in [0.2, 0.25) is 10.0 Å². The highest BCUT2D eigenvalue weighted by atomic mass is 32.2. The van der Waals surface area contributed by atoms with E-state index in [1.165, 1.54) is 0 Å². The largest absolute Gasteiger partial charge is 0.416 e. The Bertz CT molecular complexity index is 627. The molecule has 0 heterocycles. The molecular weight excluding hydrogens is 307 g/mol. The molecule has 0 aromatic heterocycles. The molecule has 0 atom stereocenters. The van der Waals surface area contributed by atoms with Crippen LogP contribution in [0.25, 0.3) is 0 Å². The molecule has 21 heavy (non-hydrogen) atoms. The summed E-state index contributed by atoms with van der Waals surface area (Å²) in [4.78, 5) is -0.403. The van der Waals surface area contributed by atoms with Crippen LogP contribution in [0.15, 0.2) is 23.1 Å². The molecule has 0 saturated carbocycles. The summed E-state index contributed by atoms with van der Waals surface area (Å²) in [6, 6.07) is 3.02. The fraction of sp³-hybridized carbons (Fsp3) is 0.417. The van der Waals surface area contributed by atoms with Gasteiger partial charge in [0.25, 0.3) is 0 Å². The van der Waals surface area contributed by atoms with Gasteiger partial charge in [-0.1, -0.05) is 6.07 Å². The summed E-state index contributed by atoms with van der Waals surface area (Å²) in [5.41, 5.74) is 3.81. The number of nitrogens with two attached hydrogens (primary N) is 1. The van der Waals surface area contributed by atoms with Gasteiger partial charge in [0, 0.05) is 13.0 Å². The van der Waals surface area contributed by atoms with Crippen LogP contribution in [0, 0.1) is 12.3 Å². The van der Waals surface area contributed by atoms with E-state index in [-0.39, 0.29) is 24.4 Å². The lowest BCUT2D eigenvalue weighted by molar-refractivity contribution is -0.138. The maximum Gasteiger partial charge on any atom is 0.416 e. The van der Waals surface area contributed by atoms with E-state index in [9.17, 15) is 21.6 Å². The van der Waals surface area contributed by atoms with Crippen LogP contribution in [0.5, 0.6) is 0 Å². The average Bonchev–Trinajstić information content (AvgIpc) is 2.33. The molecule has 4 N–H and O–H groups in total. The lowest BCUT2D eigenvalue weighted by Gasteiger charge is -2.14. The SMILES string of the molecule is Cc1c(C(F)(F)F)cccc1S(=O)(=O)NCCCC(=N)N. The minimum Gasteiger partial charge on any atom is -0.388 e. The lowest BCUT2D eigenvalue weighted by Crippen LogP contribution is -2.27. The molecule has 118 valence electrons. The van der Waals surface area contributed by atoms with Crippen molar-refractivity contribution < 1.29 is 21.6 Å². The summed E-state index contributed by atoms with van der Waals surface area (Å²) in [5, 5.41) is 7.00. The molecule has 5 nitrogen and oxygen atoms in total. The highest BCUT2D eigenvalue weighted by molar-refractivity contribution is 7.89. The Hall–Kier alpha value is -1.61. The summed E-state index contributed by atoms with van der Waals surface area (Å²) in [7, 11) is -4.03. The fourth-order valence-electron chi connectivity index (χ4n) is 1.78. The number of halogens is 3. The summed E-state index contributed by atoms with van der Waals surface area (Å²) < 4.78 is 64.5. The van der Waals surface area contributed by atoms with Crippen LogP contribution in [-0.4, -0.2) is 20.8 Å². The van der Waals surface area contributed by atoms with Gasteiger partial charge in [-0.15, -0.1) is 0 Å². The van der Waals surface area contributed by atoms with Crippen LogP contribution in [0.1, 0.15) is 24.0 Å². The predicted molar refractivity (Wildman–Crippen MR) is 72.5 cm³/mol. The molecule has 0 aliphatic carbocycles. The second-order valence-electron chi connectivity index (χ2n) is 4.45. The van der Waals surface area contributed by atoms with Gasteiger partial charge in [-0.25, -0.2) is 13.1 Å². The van der Waals surface area contributed by atoms with Crippen LogP contribution < -0.4 is 10.5 Å². The monoisotopic (exact) mass is 323 g/mol. The zero-order valence-electron chi connectivity index (χ0n) is 11.3. The lowest BCUT2D eigenvalue weighted by atomic mass is 10.1. The Morgan fingerprint density at radius 1 is 1.38 bits per heavy atom. The third-order valence-electron chi connectivity index (χ3n) is 2.79. The zero-order chi connectivity index (χ0) is 16.3. The number of nitrogens with one attached hydrogen (secondary N) is 2. The molecule has 0 radical (unpaired) electrons. The van der Waals surface area contributed by atoms with Crippen molar-refractivity contribution in [1.82, 2.24) is 4.72 Å². The van der Waals surface area contributed by atoms with Gasteiger partial charge in [-0.2, -0.15) is 13.2 Å². The van der Waals surface area contributed by atoms with Gasteiger partial charge in [0.05, 0.1) is 16.3 Å². The predicted octanol–water partition coefficient (Wildman–Crippen LogP) is 2.01. The minimum atomic E-state index is -4.61. The first kappa shape index (κ1) is 17.4. The second-order valence-corrected chi connectivity index (χ2v) is 6.19. The minimum absolute atomic E-state index is 0.00238. The summed E-state index contributed by atoms with van der Waals surface area (Å²) >= 11 is 0. The van der Waals surface area contributed by atoms with Crippen LogP contribution >= 0.6 is 0 Å². The fourth-order valence-corrected chi connectivity index (χ4v) is 3.12. The number of alkyl halides is 3. The van der Waals surface area contributed by atoms with E-state index >= 15 is 0 Å². The summed E-state index contributed by atoms with van der Waals surface area (Å²) in [6.45, 7) is 1.12. The number of hydrogen-bond donors (Lipinski definition) is 3. The van der Waals surface area contributed by atoms with E-state index in [2.05, 4.69) is 4.72 Å². The first-order chi connectivity index (χ1) is 9.55. The average molecular weight is 323 g/mol. The third-order valence-corrected chi connectivity index (χ3v) is 4.40. The van der Waals surface area contributed by atoms with Gasteiger partial charge in [0.15, 0.2) is 0 Å². The molecule has 0 aliphatic rings. The van der Waals surface area contributed by atoms with Crippen molar-refractivity contribution in [2.45, 2.75) is 30.8 Å². The van der Waals surface area contributed by atoms with Crippen molar-refractivity contribution in [3.63, 3.8) is 0 Å². The first-order valence-corrected chi connectivity index (χ1v) is 7.53. The third kappa shape index (κ3) is 4.71. The highest BCUT2D eigenvalue weighted by Gasteiger charge is 2.34. The van der Waals surface area contributed by atoms with Gasteiger partial charge in [0.1, 0.15) is 0 Å². The van der Waals surface area contributed by atoms with Crippen molar-refractivity contribution in [2.75, 3.05) is 6.54 Å². The van der Waals surface area contributed by atoms with Gasteiger partial charge in [-0.05, 0) is 31.0 Å². The summed E-state index contributed by atoms with van der Waals surface area (Å²) in [5.74, 6) is -0.0792. The van der Waals surface area contributed by atoms with E-state index in [0.717, 1.165) is 25.1 Å². The maximum atomic E-state index is 12.8. The van der Waals surface area contributed by atoms with Crippen molar-refractivity contribution in [3.05, 3.63) is 29.3 Å². The first-order valence-electron chi connectivity index (χ1n) is 6.05. The van der Waals surface area contributed by atoms with Gasteiger partial charge in [-0.3, -0.25) is 5.41 Å². The molecule has 0 spiro atoms. The van der Waals surface area contributed by atoms with E-state index in [0.29, 0.717) is 6.42 Å². The number of amidine groups is 1. The van der Waals surface area contributed by atoms with Crippen LogP contribution in [0.4, 0.5) is 13.2 Å². The molecule has 1 aromatic carbocycles. The summed E-state index contributed by atoms with van der Waals surface area (Å²) in [6.07, 6.45) is -4.10. The van der Waals surface area contributed by atoms with E-state index in [1.807, 2.05) is 0 Å². The van der Waals surface area contributed by atoms with Gasteiger partial charge < -0.3 is 5.73 Å². The standard InChI is InChI=1S/C12H16F3N3O2S/c1-8-9(12(13,14)15)4-2-5-10(8)21(19,20)18-7-3-6-11(16)17/h2,4-5,18H,3,6-7H2,1H3,(H3,16,17). The molecule has 1 aromatic rings. The number of sulfonamides is 1. The Morgan fingerprint density at radius 3 is 2.52 bits per heavy atom. The second kappa shape index (κ2) is 6.44. The van der Waals surface area contributed by atoms with Crippen LogP contribution in [-0.2, 0) is 16.2 Å². The van der Waals surface area contributed by atoms with Crippen molar-refractivity contribution in [3.8, 4) is 0 Å². The number of hydrogen-bond acceptors (Lipinski definition) is 3. The van der Waals surface area contributed by atoms with E-state index < -0.39 is 26.7 Å². The van der Waals surface area contributed by atoms with Gasteiger partial charge >= 0.3 is 6.18 Å². The van der Waals surface area contributed by atoms with Crippen LogP contribution in [0.3, 0.4) is 0 Å². The number of rotatable bonds is 6. The van der Waals surface area contributed by atoms with Crippen LogP contribution in [0.2, 0.25) is 0 Å². The molecule has 0 fully saturated rings. The molecule has 1 rings (SSSR count). The Kier molecular flexibility index (Phi) is 5.35. The zero-order valence-corrected chi connectivity index (χ0v) is 12.1. The molecule has 9 heteroatoms. The van der Waals surface area contributed by atoms with E-state index in [1.54, 1.807) is 0 Å². The quantitative estimate of drug-likeness (QED) is 0.424. The van der Waals surface area contributed by atoms with Crippen molar-refractivity contribution in [2.24, 2.45) is 5.73 Å². The molecule has 0 bridgehead atoms. The molecule has 0 saturated heterocycles.